The summed E-state index contributed by atoms with van der Waals surface area (Å²) in [4.78, 5) is 174. The lowest BCUT2D eigenvalue weighted by Gasteiger charge is -2.31. The fraction of sp³-hybridized carbons (Fsp3) is 0.403. The first-order valence-electron chi connectivity index (χ1n) is 34.4. The molecular weight excluding hydrogens is 1340 g/mol. The smallest absolute Gasteiger partial charge is 0.245 e. The summed E-state index contributed by atoms with van der Waals surface area (Å²) in [5.41, 5.74) is 37.4. The third-order valence-corrected chi connectivity index (χ3v) is 17.8. The molecule has 5 aromatic carbocycles. The molecule has 2 aliphatic heterocycles. The molecule has 0 unspecified atom stereocenters. The maximum Gasteiger partial charge on any atom is 0.245 e. The van der Waals surface area contributed by atoms with Crippen molar-refractivity contribution in [1.82, 2.24) is 57.7 Å². The number of rotatable bonds is 25. The first kappa shape index (κ1) is 78.0. The third-order valence-electron chi connectivity index (χ3n) is 17.8. The minimum absolute atomic E-state index is 0.00864. The zero-order valence-electron chi connectivity index (χ0n) is 57.8. The lowest BCUT2D eigenvalue weighted by molar-refractivity contribution is -0.142. The normalized spacial score (nSPS) is 20.4. The van der Waals surface area contributed by atoms with Crippen LogP contribution in [0.5, 0.6) is 5.75 Å². The quantitative estimate of drug-likeness (QED) is 0.0182. The maximum absolute atomic E-state index is 15.5. The maximum atomic E-state index is 15.5. The van der Waals surface area contributed by atoms with Gasteiger partial charge < -0.3 is 97.2 Å². The van der Waals surface area contributed by atoms with E-state index in [2.05, 4.69) is 62.8 Å². The zero-order valence-corrected chi connectivity index (χ0v) is 57.8. The Kier molecular flexibility index (Phi) is 28.0. The highest BCUT2D eigenvalue weighted by Gasteiger charge is 2.41. The van der Waals surface area contributed by atoms with E-state index in [1.165, 1.54) is 53.4 Å². The number of nitrogens with one attached hydrogen (secondary N) is 10. The van der Waals surface area contributed by atoms with Crippen LogP contribution < -0.4 is 82.3 Å². The van der Waals surface area contributed by atoms with Gasteiger partial charge >= 0.3 is 0 Å². The Morgan fingerprint density at radius 3 is 1.89 bits per heavy atom. The lowest BCUT2D eigenvalue weighted by atomic mass is 10.00. The molecule has 2 aliphatic rings. The van der Waals surface area contributed by atoms with E-state index in [0.717, 1.165) is 16.3 Å². The monoisotopic (exact) mass is 1430 g/mol. The van der Waals surface area contributed by atoms with Gasteiger partial charge in [-0.3, -0.25) is 62.7 Å². The van der Waals surface area contributed by atoms with Crippen LogP contribution >= 0.6 is 0 Å². The molecule has 0 bridgehead atoms. The molecule has 0 saturated carbocycles. The lowest BCUT2D eigenvalue weighted by Crippen LogP contribution is -2.62. The summed E-state index contributed by atoms with van der Waals surface area (Å²) in [7, 11) is 0. The molecule has 10 atom stereocenters. The van der Waals surface area contributed by atoms with Crippen LogP contribution in [0.1, 0.15) is 87.5 Å². The second-order valence-corrected chi connectivity index (χ2v) is 26.4. The second-order valence-electron chi connectivity index (χ2n) is 26.4. The summed E-state index contributed by atoms with van der Waals surface area (Å²) in [6.45, 7) is 2.72. The number of aromatic hydroxyl groups is 1. The summed E-state index contributed by atoms with van der Waals surface area (Å²) >= 11 is 0. The van der Waals surface area contributed by atoms with Gasteiger partial charge in [0.05, 0.1) is 12.5 Å². The number of carbonyl (C=O) groups is 11. The predicted molar refractivity (Wildman–Crippen MR) is 386 cm³/mol. The van der Waals surface area contributed by atoms with Gasteiger partial charge in [-0.05, 0) is 121 Å². The Morgan fingerprint density at radius 2 is 1.21 bits per heavy atom. The zero-order chi connectivity index (χ0) is 75.1. The van der Waals surface area contributed by atoms with E-state index in [1.54, 1.807) is 44.3 Å². The molecule has 104 heavy (non-hydrogen) atoms. The van der Waals surface area contributed by atoms with Crippen molar-refractivity contribution >= 4 is 98.6 Å². The third kappa shape index (κ3) is 22.9. The highest BCUT2D eigenvalue weighted by Crippen LogP contribution is 2.24. The van der Waals surface area contributed by atoms with Crippen LogP contribution in [0.4, 0.5) is 4.39 Å². The molecule has 23 N–H and O–H groups in total. The van der Waals surface area contributed by atoms with Crippen LogP contribution in [-0.2, 0) is 78.4 Å². The molecule has 1 aromatic heterocycles. The Bertz CT molecular complexity index is 4130. The molecule has 0 aliphatic carbocycles. The summed E-state index contributed by atoms with van der Waals surface area (Å²) < 4.78 is 14.4. The molecular formula is C72H92FN19O12. The Labute approximate surface area is 599 Å². The first-order chi connectivity index (χ1) is 49.7. The van der Waals surface area contributed by atoms with Crippen molar-refractivity contribution < 1.29 is 62.2 Å². The number of H-pyrrole nitrogens is 1. The number of hydrogen-bond donors (Lipinski definition) is 17. The van der Waals surface area contributed by atoms with Crippen molar-refractivity contribution in [2.75, 3.05) is 26.2 Å². The molecule has 8 rings (SSSR count). The van der Waals surface area contributed by atoms with Crippen LogP contribution in [0.25, 0.3) is 21.7 Å². The number of aliphatic imine (C=N–C) groups is 2. The van der Waals surface area contributed by atoms with E-state index in [0.29, 0.717) is 27.6 Å². The minimum atomic E-state index is -1.92. The number of aromatic amines is 1. The summed E-state index contributed by atoms with van der Waals surface area (Å²) in [6, 6.07) is 15.7. The number of nitrogens with zero attached hydrogens (tertiary/aromatic N) is 3. The average molecular weight is 1430 g/mol. The number of halogens is 1. The number of benzene rings is 5. The molecule has 554 valence electrons. The number of nitrogens with two attached hydrogens (primary N) is 6. The second kappa shape index (κ2) is 37.3. The fourth-order valence-electron chi connectivity index (χ4n) is 12.4. The molecule has 0 spiro atoms. The summed E-state index contributed by atoms with van der Waals surface area (Å²) in [5, 5.41) is 36.8. The number of aromatic nitrogens is 1. The van der Waals surface area contributed by atoms with E-state index in [-0.39, 0.29) is 114 Å². The fourth-order valence-corrected chi connectivity index (χ4v) is 12.4. The largest absolute Gasteiger partial charge is 0.508 e. The molecule has 2 fully saturated rings. The molecule has 2 saturated heterocycles. The van der Waals surface area contributed by atoms with Gasteiger partial charge in [0.15, 0.2) is 11.9 Å². The number of primary amides is 1. The van der Waals surface area contributed by atoms with E-state index >= 15 is 19.2 Å². The number of para-hydroxylation sites is 1. The Morgan fingerprint density at radius 1 is 0.625 bits per heavy atom. The molecule has 32 heteroatoms. The van der Waals surface area contributed by atoms with Crippen LogP contribution in [0.3, 0.4) is 0 Å². The van der Waals surface area contributed by atoms with Crippen molar-refractivity contribution in [3.63, 3.8) is 0 Å². The van der Waals surface area contributed by atoms with E-state index < -0.39 is 144 Å². The average Bonchev–Trinajstić information content (AvgIpc) is 1.67. The Hall–Kier alpha value is -11.7. The van der Waals surface area contributed by atoms with Gasteiger partial charge in [0.25, 0.3) is 0 Å². The topological polar surface area (TPSA) is 516 Å². The van der Waals surface area contributed by atoms with Crippen molar-refractivity contribution in [2.45, 2.75) is 151 Å². The summed E-state index contributed by atoms with van der Waals surface area (Å²) in [6.07, 6.45) is 0.169. The van der Waals surface area contributed by atoms with Crippen molar-refractivity contribution in [1.29, 1.82) is 0 Å². The van der Waals surface area contributed by atoms with Gasteiger partial charge in [0, 0.05) is 62.5 Å². The number of hydrogen-bond acceptors (Lipinski definition) is 15. The van der Waals surface area contributed by atoms with Crippen LogP contribution in [0.15, 0.2) is 131 Å². The van der Waals surface area contributed by atoms with Crippen molar-refractivity contribution in [3.05, 3.63) is 150 Å². The number of phenolic OH excluding ortho intramolecular Hbond substituents is 1. The molecule has 31 nitrogen and oxygen atoms in total. The standard InChI is InChI=1S/C72H92FN19O12/c1-39(2)30-54-64(98)85-52(15-8-28-81-72(78)79)70(104)92-29-9-16-59(92)69(103)86-53(61(75)95)36-60(94)83-38-58(68(102)89-56(34-41-20-25-47(93)26-21-41)65(99)84-51(63(97)88-54)14-7-27-80-71(76)77)91-67(101)57(35-45-37-82-50-13-6-5-12-48(45)50)90-66(100)55(33-40-18-23-46(73)24-19-40)87-62(96)49(74)32-42-17-22-43-10-3-4-11-44(43)31-42/h3-6,10-13,17-26,31,37,39,49,51-59,82,93H,7-9,14-16,27-30,32-36,38,74H2,1-2H3,(H2,75,95)(H,83,94)(H,84,99)(H,85,98)(H,86,103)(H,87,96)(H,88,97)(H,89,102)(H,90,100)(H,91,101)(H4,76,77,80)(H4,78,79,81)/t49-,51-,52+,53+,54+,55-,56+,57-,58+,59+/m1/s1. The highest BCUT2D eigenvalue weighted by molar-refractivity contribution is 6.00. The van der Waals surface area contributed by atoms with Gasteiger partial charge in [-0.2, -0.15) is 0 Å². The Balaban J connectivity index is 1.17. The van der Waals surface area contributed by atoms with E-state index in [1.807, 2.05) is 42.5 Å². The molecule has 6 aromatic rings. The number of fused-ring (bicyclic) bond motifs is 3. The van der Waals surface area contributed by atoms with Crippen molar-refractivity contribution in [2.24, 2.45) is 50.3 Å². The highest BCUT2D eigenvalue weighted by atomic mass is 19.1. The van der Waals surface area contributed by atoms with Crippen LogP contribution in [-0.4, -0.2) is 178 Å². The number of amides is 11. The van der Waals surface area contributed by atoms with Gasteiger partial charge in [0.1, 0.15) is 65.9 Å². The number of phenols is 1. The van der Waals surface area contributed by atoms with Gasteiger partial charge in [-0.1, -0.05) is 98.8 Å². The first-order valence-corrected chi connectivity index (χ1v) is 34.4. The van der Waals surface area contributed by atoms with E-state index in [4.69, 9.17) is 34.4 Å². The SMILES string of the molecule is CC(C)C[C@@H]1NC(=O)[C@@H](CCCN=C(N)N)NC(=O)[C@H](Cc2ccc(O)cc2)NC(=O)[C@@H](NC(=O)[C@@H](Cc2c[nH]c3ccccc23)NC(=O)[C@@H](Cc2ccc(F)cc2)NC(=O)[C@H](N)Cc2ccc3ccccc3c2)CNC(=O)C[C@@H](C(N)=O)NC(=O)[C@@H]2CCCN2C(=O)[C@H](CCCN=C(N)N)NC1=O. The number of guanidine groups is 2. The van der Waals surface area contributed by atoms with Gasteiger partial charge in [0.2, 0.25) is 65.0 Å². The van der Waals surface area contributed by atoms with Gasteiger partial charge in [-0.15, -0.1) is 0 Å². The van der Waals surface area contributed by atoms with Crippen molar-refractivity contribution in [3.8, 4) is 5.75 Å². The minimum Gasteiger partial charge on any atom is -0.508 e. The molecule has 0 radical (unpaired) electrons. The van der Waals surface area contributed by atoms with E-state index in [9.17, 15) is 43.1 Å². The molecule has 11 amide bonds. The molecule has 3 heterocycles. The summed E-state index contributed by atoms with van der Waals surface area (Å²) in [5.74, 6) is -12.0. The number of carbonyl (C=O) groups excluding carboxylic acids is 11. The predicted octanol–water partition coefficient (Wildman–Crippen LogP) is -1.21. The van der Waals surface area contributed by atoms with Crippen LogP contribution in [0, 0.1) is 11.7 Å². The van der Waals surface area contributed by atoms with Gasteiger partial charge in [-0.25, -0.2) is 4.39 Å². The van der Waals surface area contributed by atoms with Crippen LogP contribution in [0.2, 0.25) is 0 Å².